The Morgan fingerprint density at radius 2 is 1.77 bits per heavy atom. The van der Waals surface area contributed by atoms with Crippen molar-refractivity contribution in [3.63, 3.8) is 0 Å². The molecule has 0 atom stereocenters. The Hall–Kier alpha value is -3.84. The number of para-hydroxylation sites is 1. The smallest absolute Gasteiger partial charge is 0.259 e. The first-order valence-electron chi connectivity index (χ1n) is 9.97. The van der Waals surface area contributed by atoms with Crippen molar-refractivity contribution >= 4 is 44.8 Å². The second-order valence-corrected chi connectivity index (χ2v) is 7.34. The second kappa shape index (κ2) is 7.45. The van der Waals surface area contributed by atoms with Crippen LogP contribution in [0.25, 0.3) is 33.0 Å². The highest BCUT2D eigenvalue weighted by Crippen LogP contribution is 2.40. The molecule has 2 N–H and O–H groups in total. The van der Waals surface area contributed by atoms with Gasteiger partial charge in [0.25, 0.3) is 11.8 Å². The number of carbonyl (C=O) groups is 2. The van der Waals surface area contributed by atoms with Crippen LogP contribution >= 0.6 is 0 Å². The average Bonchev–Trinajstić information content (AvgIpc) is 3.47. The zero-order chi connectivity index (χ0) is 21.5. The molecule has 2 aromatic carbocycles. The van der Waals surface area contributed by atoms with Gasteiger partial charge in [0.15, 0.2) is 0 Å². The number of methoxy groups -OCH3 is 1. The third kappa shape index (κ3) is 2.93. The highest BCUT2D eigenvalue weighted by atomic mass is 16.5. The van der Waals surface area contributed by atoms with Gasteiger partial charge in [0, 0.05) is 41.4 Å². The summed E-state index contributed by atoms with van der Waals surface area (Å²) in [5.74, 6) is -0.282. The van der Waals surface area contributed by atoms with E-state index in [2.05, 4.69) is 5.32 Å². The number of hydrogen-bond acceptors (Lipinski definition) is 5. The number of furan rings is 1. The molecule has 0 radical (unpaired) electrons. The molecule has 0 unspecified atom stereocenters. The van der Waals surface area contributed by atoms with E-state index in [1.807, 2.05) is 35.0 Å². The Bertz CT molecular complexity index is 1380. The summed E-state index contributed by atoms with van der Waals surface area (Å²) in [6, 6.07) is 13.0. The molecule has 0 fully saturated rings. The maximum absolute atomic E-state index is 12.9. The van der Waals surface area contributed by atoms with Crippen LogP contribution in [-0.4, -0.2) is 35.2 Å². The number of aliphatic hydroxyl groups is 1. The molecule has 7 nitrogen and oxygen atoms in total. The predicted molar refractivity (Wildman–Crippen MR) is 116 cm³/mol. The molecule has 1 aliphatic rings. The van der Waals surface area contributed by atoms with Crippen molar-refractivity contribution in [1.82, 2.24) is 9.88 Å². The summed E-state index contributed by atoms with van der Waals surface area (Å²) in [5, 5.41) is 13.3. The van der Waals surface area contributed by atoms with Gasteiger partial charge in [-0.25, -0.2) is 0 Å². The van der Waals surface area contributed by atoms with Crippen molar-refractivity contribution in [2.45, 2.75) is 13.0 Å². The number of ether oxygens (including phenoxy) is 1. The lowest BCUT2D eigenvalue weighted by atomic mass is 9.95. The first-order valence-corrected chi connectivity index (χ1v) is 9.97. The first kappa shape index (κ1) is 19.1. The predicted octanol–water partition coefficient (Wildman–Crippen LogP) is 3.35. The van der Waals surface area contributed by atoms with Gasteiger partial charge in [0.1, 0.15) is 11.3 Å². The van der Waals surface area contributed by atoms with Crippen LogP contribution in [0, 0.1) is 0 Å². The molecule has 0 spiro atoms. The lowest BCUT2D eigenvalue weighted by Crippen LogP contribution is -2.22. The molecule has 2 amide bonds. The Kier molecular flexibility index (Phi) is 4.60. The molecule has 0 saturated heterocycles. The van der Waals surface area contributed by atoms with Gasteiger partial charge in [0.2, 0.25) is 0 Å². The summed E-state index contributed by atoms with van der Waals surface area (Å²) in [7, 11) is 1.57. The number of benzene rings is 2. The number of fused-ring (bicyclic) bond motifs is 2. The number of aliphatic hydroxyl groups excluding tert-OH is 1. The number of nitrogens with one attached hydrogen (secondary N) is 1. The lowest BCUT2D eigenvalue weighted by Gasteiger charge is -2.07. The standard InChI is InChI=1S/C24H20N2O5/c1-30-19-8-7-16(22-15(19)9-12-31-22)20-21(24(29)25-23(20)28)17-13-26(10-4-11-27)18-6-3-2-5-14(17)18/h2-3,5-9,12-13,27H,4,10-11H2,1H3,(H,25,28,29). The molecule has 4 aromatic rings. The van der Waals surface area contributed by atoms with Gasteiger partial charge >= 0.3 is 0 Å². The van der Waals surface area contributed by atoms with Crippen LogP contribution in [0.1, 0.15) is 17.5 Å². The van der Waals surface area contributed by atoms with Crippen LogP contribution in [-0.2, 0) is 16.1 Å². The molecule has 156 valence electrons. The highest BCUT2D eigenvalue weighted by Gasteiger charge is 2.35. The molecule has 0 bridgehead atoms. The largest absolute Gasteiger partial charge is 0.496 e. The molecule has 5 rings (SSSR count). The fourth-order valence-electron chi connectivity index (χ4n) is 4.25. The van der Waals surface area contributed by atoms with E-state index in [1.165, 1.54) is 6.26 Å². The van der Waals surface area contributed by atoms with Crippen molar-refractivity contribution in [1.29, 1.82) is 0 Å². The molecule has 7 heteroatoms. The SMILES string of the molecule is COc1ccc(C2=C(c3cn(CCCO)c4ccccc34)C(=O)NC2=O)c2occc12. The normalized spacial score (nSPS) is 14.1. The van der Waals surface area contributed by atoms with Crippen LogP contribution in [0.3, 0.4) is 0 Å². The van der Waals surface area contributed by atoms with Gasteiger partial charge in [-0.1, -0.05) is 18.2 Å². The highest BCUT2D eigenvalue weighted by molar-refractivity contribution is 6.50. The maximum atomic E-state index is 12.9. The number of amides is 2. The number of hydrogen-bond donors (Lipinski definition) is 2. The minimum absolute atomic E-state index is 0.0666. The minimum Gasteiger partial charge on any atom is -0.496 e. The van der Waals surface area contributed by atoms with E-state index in [0.29, 0.717) is 41.0 Å². The monoisotopic (exact) mass is 416 g/mol. The fraction of sp³-hybridized carbons (Fsp3) is 0.167. The Labute approximate surface area is 177 Å². The first-order chi connectivity index (χ1) is 15.1. The quantitative estimate of drug-likeness (QED) is 0.470. The summed E-state index contributed by atoms with van der Waals surface area (Å²) < 4.78 is 13.1. The molecule has 31 heavy (non-hydrogen) atoms. The van der Waals surface area contributed by atoms with Crippen LogP contribution in [0.15, 0.2) is 59.3 Å². The van der Waals surface area contributed by atoms with Crippen molar-refractivity contribution < 1.29 is 23.8 Å². The molecule has 0 saturated carbocycles. The van der Waals surface area contributed by atoms with Crippen molar-refractivity contribution in [3.8, 4) is 5.75 Å². The Morgan fingerprint density at radius 3 is 2.55 bits per heavy atom. The van der Waals surface area contributed by atoms with Gasteiger partial charge in [-0.05, 0) is 30.7 Å². The van der Waals surface area contributed by atoms with Crippen LogP contribution in [0.5, 0.6) is 5.75 Å². The van der Waals surface area contributed by atoms with Crippen LogP contribution < -0.4 is 10.1 Å². The van der Waals surface area contributed by atoms with Crippen LogP contribution in [0.2, 0.25) is 0 Å². The third-order valence-electron chi connectivity index (χ3n) is 5.61. The van der Waals surface area contributed by atoms with E-state index in [4.69, 9.17) is 9.15 Å². The van der Waals surface area contributed by atoms with Gasteiger partial charge < -0.3 is 18.8 Å². The molecule has 3 heterocycles. The van der Waals surface area contributed by atoms with E-state index in [0.717, 1.165) is 16.3 Å². The topological polar surface area (TPSA) is 93.7 Å². The van der Waals surface area contributed by atoms with E-state index in [1.54, 1.807) is 25.3 Å². The average molecular weight is 416 g/mol. The van der Waals surface area contributed by atoms with E-state index >= 15 is 0 Å². The Morgan fingerprint density at radius 1 is 1.00 bits per heavy atom. The number of rotatable bonds is 6. The third-order valence-corrected chi connectivity index (χ3v) is 5.61. The van der Waals surface area contributed by atoms with Crippen molar-refractivity contribution in [2.75, 3.05) is 13.7 Å². The molecule has 2 aromatic heterocycles. The fourth-order valence-corrected chi connectivity index (χ4v) is 4.25. The van der Waals surface area contributed by atoms with Crippen molar-refractivity contribution in [2.24, 2.45) is 0 Å². The van der Waals surface area contributed by atoms with Crippen molar-refractivity contribution in [3.05, 3.63) is 66.1 Å². The lowest BCUT2D eigenvalue weighted by molar-refractivity contribution is -0.122. The molecular weight excluding hydrogens is 396 g/mol. The van der Waals surface area contributed by atoms with Gasteiger partial charge in [-0.15, -0.1) is 0 Å². The van der Waals surface area contributed by atoms with Crippen LogP contribution in [0.4, 0.5) is 0 Å². The zero-order valence-electron chi connectivity index (χ0n) is 16.8. The number of carbonyl (C=O) groups excluding carboxylic acids is 2. The summed E-state index contributed by atoms with van der Waals surface area (Å²) in [6.45, 7) is 0.664. The zero-order valence-corrected chi connectivity index (χ0v) is 16.8. The second-order valence-electron chi connectivity index (χ2n) is 7.34. The van der Waals surface area contributed by atoms with E-state index in [-0.39, 0.29) is 12.2 Å². The number of aromatic nitrogens is 1. The number of imide groups is 1. The summed E-state index contributed by atoms with van der Waals surface area (Å²) in [6.07, 6.45) is 3.99. The molecular formula is C24H20N2O5. The Balaban J connectivity index is 1.79. The molecule has 0 aliphatic carbocycles. The number of nitrogens with zero attached hydrogens (tertiary/aromatic N) is 1. The minimum atomic E-state index is -0.463. The summed E-state index contributed by atoms with van der Waals surface area (Å²) >= 11 is 0. The van der Waals surface area contributed by atoms with E-state index < -0.39 is 11.8 Å². The summed E-state index contributed by atoms with van der Waals surface area (Å²) in [4.78, 5) is 25.8. The van der Waals surface area contributed by atoms with Gasteiger partial charge in [-0.2, -0.15) is 0 Å². The summed E-state index contributed by atoms with van der Waals surface area (Å²) in [5.41, 5.74) is 3.21. The van der Waals surface area contributed by atoms with Gasteiger partial charge in [-0.3, -0.25) is 14.9 Å². The molecule has 1 aliphatic heterocycles. The maximum Gasteiger partial charge on any atom is 0.259 e. The number of aryl methyl sites for hydroxylation is 1. The van der Waals surface area contributed by atoms with E-state index in [9.17, 15) is 14.7 Å². The van der Waals surface area contributed by atoms with Gasteiger partial charge in [0.05, 0.1) is 29.9 Å².